The van der Waals surface area contributed by atoms with Crippen LogP contribution < -0.4 is 0 Å². The van der Waals surface area contributed by atoms with E-state index in [1.165, 1.54) is 12.1 Å². The van der Waals surface area contributed by atoms with E-state index in [1.54, 1.807) is 12.1 Å². The summed E-state index contributed by atoms with van der Waals surface area (Å²) in [6, 6.07) is 12.0. The van der Waals surface area contributed by atoms with Crippen LogP contribution in [0.1, 0.15) is 26.5 Å². The Morgan fingerprint density at radius 1 is 1.08 bits per heavy atom. The van der Waals surface area contributed by atoms with E-state index in [0.29, 0.717) is 34.5 Å². The highest BCUT2D eigenvalue weighted by molar-refractivity contribution is 9.24. The van der Waals surface area contributed by atoms with Crippen LogP contribution in [0, 0.1) is 5.82 Å². The summed E-state index contributed by atoms with van der Waals surface area (Å²) in [7, 11) is 0. The molecule has 0 N–H and O–H groups in total. The van der Waals surface area contributed by atoms with E-state index in [0.717, 1.165) is 11.3 Å². The summed E-state index contributed by atoms with van der Waals surface area (Å²) < 4.78 is 15.7. The zero-order valence-electron chi connectivity index (χ0n) is 12.6. The lowest BCUT2D eigenvalue weighted by Gasteiger charge is -2.14. The maximum Gasteiger partial charge on any atom is 0.162 e. The van der Waals surface area contributed by atoms with Crippen molar-refractivity contribution >= 4 is 49.2 Å². The zero-order valence-corrected chi connectivity index (χ0v) is 16.6. The average Bonchev–Trinajstić information content (AvgIpc) is 2.94. The first kappa shape index (κ1) is 16.9. The third-order valence-corrected chi connectivity index (χ3v) is 5.06. The Balaban J connectivity index is 2.01. The Kier molecular flexibility index (Phi) is 4.47. The van der Waals surface area contributed by atoms with E-state index < -0.39 is 0 Å². The quantitative estimate of drug-likeness (QED) is 0.470. The molecule has 2 heterocycles. The number of nitrogens with zero attached hydrogens (tertiary/aromatic N) is 4. The zero-order chi connectivity index (χ0) is 17.6. The van der Waals surface area contributed by atoms with Crippen molar-refractivity contribution in [2.45, 2.75) is 10.3 Å². The largest absolute Gasteiger partial charge is 0.279 e. The number of rotatable bonds is 2. The highest BCUT2D eigenvalue weighted by Crippen LogP contribution is 2.34. The lowest BCUT2D eigenvalue weighted by Crippen LogP contribution is -2.10. The lowest BCUT2D eigenvalue weighted by atomic mass is 10.00. The molecule has 0 radical (unpaired) electrons. The Morgan fingerprint density at radius 2 is 1.88 bits per heavy atom. The van der Waals surface area contributed by atoms with Crippen LogP contribution in [0.15, 0.2) is 47.5 Å². The molecular formula is C17H10Br2ClFN4. The second-order valence-electron chi connectivity index (χ2n) is 5.42. The van der Waals surface area contributed by atoms with Crippen LogP contribution in [-0.4, -0.2) is 20.5 Å². The fourth-order valence-corrected chi connectivity index (χ4v) is 3.67. The number of aromatic nitrogens is 3. The number of halogens is 4. The van der Waals surface area contributed by atoms with Gasteiger partial charge in [-0.15, -0.1) is 10.2 Å². The van der Waals surface area contributed by atoms with Crippen molar-refractivity contribution in [3.05, 3.63) is 76.1 Å². The molecule has 1 aromatic heterocycles. The molecule has 4 nitrogen and oxygen atoms in total. The predicted octanol–water partition coefficient (Wildman–Crippen LogP) is 5.20. The van der Waals surface area contributed by atoms with E-state index in [2.05, 4.69) is 47.0 Å². The van der Waals surface area contributed by atoms with Gasteiger partial charge in [0, 0.05) is 16.1 Å². The van der Waals surface area contributed by atoms with Crippen molar-refractivity contribution in [1.29, 1.82) is 0 Å². The summed E-state index contributed by atoms with van der Waals surface area (Å²) in [5, 5.41) is 9.00. The standard InChI is InChI=1S/C17H10Br2ClFN4/c18-16(19)17-24-23-14-8-22-15(10-3-1-2-4-12(10)20)11-7-9(21)5-6-13(11)25(14)17/h1-7,16H,8H2. The molecule has 0 aliphatic carbocycles. The molecule has 0 saturated carbocycles. The SMILES string of the molecule is Fc1ccc2c(c1)C(c1ccccc1Cl)=NCc1nnc(C(Br)Br)n1-2. The number of alkyl halides is 2. The van der Waals surface area contributed by atoms with Crippen LogP contribution in [0.25, 0.3) is 5.69 Å². The lowest BCUT2D eigenvalue weighted by molar-refractivity contribution is 0.627. The molecule has 8 heteroatoms. The van der Waals surface area contributed by atoms with Crippen LogP contribution in [0.4, 0.5) is 4.39 Å². The van der Waals surface area contributed by atoms with Gasteiger partial charge < -0.3 is 0 Å². The van der Waals surface area contributed by atoms with E-state index in [-0.39, 0.29) is 9.55 Å². The van der Waals surface area contributed by atoms with Crippen LogP contribution in [0.3, 0.4) is 0 Å². The highest BCUT2D eigenvalue weighted by Gasteiger charge is 2.26. The van der Waals surface area contributed by atoms with Gasteiger partial charge in [0.1, 0.15) is 16.1 Å². The van der Waals surface area contributed by atoms with Crippen molar-refractivity contribution in [2.75, 3.05) is 0 Å². The monoisotopic (exact) mass is 482 g/mol. The number of benzene rings is 2. The van der Waals surface area contributed by atoms with Gasteiger partial charge in [0.25, 0.3) is 0 Å². The van der Waals surface area contributed by atoms with Gasteiger partial charge in [-0.05, 0) is 24.3 Å². The van der Waals surface area contributed by atoms with Gasteiger partial charge in [-0.1, -0.05) is 61.7 Å². The molecule has 1 aliphatic heterocycles. The molecule has 0 unspecified atom stereocenters. The number of fused-ring (bicyclic) bond motifs is 3. The number of hydrogen-bond donors (Lipinski definition) is 0. The van der Waals surface area contributed by atoms with Crippen molar-refractivity contribution in [2.24, 2.45) is 4.99 Å². The van der Waals surface area contributed by atoms with E-state index in [9.17, 15) is 4.39 Å². The highest BCUT2D eigenvalue weighted by atomic mass is 79.9. The molecule has 0 spiro atoms. The van der Waals surface area contributed by atoms with Gasteiger partial charge in [0.15, 0.2) is 11.6 Å². The second kappa shape index (κ2) is 6.63. The summed E-state index contributed by atoms with van der Waals surface area (Å²) in [5.74, 6) is 0.998. The Morgan fingerprint density at radius 3 is 2.64 bits per heavy atom. The molecule has 1 aliphatic rings. The normalized spacial score (nSPS) is 13.2. The van der Waals surface area contributed by atoms with Gasteiger partial charge in [0.05, 0.1) is 11.4 Å². The van der Waals surface area contributed by atoms with Gasteiger partial charge in [-0.2, -0.15) is 0 Å². The summed E-state index contributed by atoms with van der Waals surface area (Å²) in [4.78, 5) is 4.66. The molecule has 0 atom stereocenters. The summed E-state index contributed by atoms with van der Waals surface area (Å²) in [6.45, 7) is 0.316. The van der Waals surface area contributed by atoms with Crippen LogP contribution in [0.5, 0.6) is 0 Å². The third-order valence-electron chi connectivity index (χ3n) is 3.91. The van der Waals surface area contributed by atoms with Gasteiger partial charge in [-0.25, -0.2) is 4.39 Å². The molecule has 0 fully saturated rings. The minimum atomic E-state index is -0.342. The minimum absolute atomic E-state index is 0.194. The van der Waals surface area contributed by atoms with Crippen molar-refractivity contribution in [3.63, 3.8) is 0 Å². The smallest absolute Gasteiger partial charge is 0.162 e. The van der Waals surface area contributed by atoms with E-state index in [4.69, 9.17) is 11.6 Å². The molecule has 0 amide bonds. The van der Waals surface area contributed by atoms with Crippen molar-refractivity contribution in [1.82, 2.24) is 14.8 Å². The third kappa shape index (κ3) is 2.94. The number of aliphatic imine (C=N–C) groups is 1. The first-order chi connectivity index (χ1) is 12.1. The van der Waals surface area contributed by atoms with E-state index in [1.807, 2.05) is 22.8 Å². The average molecular weight is 485 g/mol. The van der Waals surface area contributed by atoms with Crippen LogP contribution in [0.2, 0.25) is 5.02 Å². The van der Waals surface area contributed by atoms with Gasteiger partial charge in [-0.3, -0.25) is 9.56 Å². The molecule has 0 bridgehead atoms. The Labute approximate surface area is 165 Å². The topological polar surface area (TPSA) is 43.1 Å². The first-order valence-electron chi connectivity index (χ1n) is 7.38. The summed E-state index contributed by atoms with van der Waals surface area (Å²) in [5.41, 5.74) is 2.80. The molecular weight excluding hydrogens is 474 g/mol. The number of hydrogen-bond acceptors (Lipinski definition) is 3. The molecule has 0 saturated heterocycles. The Hall–Kier alpha value is -1.57. The Bertz CT molecular complexity index is 1000. The molecule has 2 aromatic carbocycles. The van der Waals surface area contributed by atoms with Gasteiger partial charge in [0.2, 0.25) is 0 Å². The summed E-state index contributed by atoms with van der Waals surface area (Å²) in [6.07, 6.45) is 0. The maximum absolute atomic E-state index is 14.0. The first-order valence-corrected chi connectivity index (χ1v) is 9.59. The fourth-order valence-electron chi connectivity index (χ4n) is 2.85. The van der Waals surface area contributed by atoms with Crippen LogP contribution in [-0.2, 0) is 6.54 Å². The molecule has 4 rings (SSSR count). The van der Waals surface area contributed by atoms with Crippen molar-refractivity contribution in [3.8, 4) is 5.69 Å². The molecule has 25 heavy (non-hydrogen) atoms. The van der Waals surface area contributed by atoms with Crippen LogP contribution >= 0.6 is 43.5 Å². The fraction of sp³-hybridized carbons (Fsp3) is 0.118. The summed E-state index contributed by atoms with van der Waals surface area (Å²) >= 11 is 13.3. The second-order valence-corrected chi connectivity index (χ2v) is 8.88. The minimum Gasteiger partial charge on any atom is -0.279 e. The van der Waals surface area contributed by atoms with Gasteiger partial charge >= 0.3 is 0 Å². The molecule has 126 valence electrons. The predicted molar refractivity (Wildman–Crippen MR) is 103 cm³/mol. The molecule has 3 aromatic rings. The van der Waals surface area contributed by atoms with Crippen molar-refractivity contribution < 1.29 is 4.39 Å². The maximum atomic E-state index is 14.0. The van der Waals surface area contributed by atoms with E-state index >= 15 is 0 Å².